The van der Waals surface area contributed by atoms with Gasteiger partial charge in [-0.15, -0.1) is 0 Å². The molecular formula is C15H16ClN3O3S2. The van der Waals surface area contributed by atoms with Crippen molar-refractivity contribution in [1.82, 2.24) is 10.3 Å². The first-order valence-electron chi connectivity index (χ1n) is 6.98. The summed E-state index contributed by atoms with van der Waals surface area (Å²) in [7, 11) is -3.68. The number of pyridine rings is 1. The van der Waals surface area contributed by atoms with Crippen LogP contribution in [0.3, 0.4) is 0 Å². The fraction of sp³-hybridized carbons (Fsp3) is 0.200. The van der Waals surface area contributed by atoms with E-state index in [0.717, 1.165) is 5.56 Å². The third kappa shape index (κ3) is 5.79. The van der Waals surface area contributed by atoms with Gasteiger partial charge in [0.1, 0.15) is 5.03 Å². The number of rotatable bonds is 7. The Balaban J connectivity index is 1.75. The molecule has 1 aromatic heterocycles. The topological polar surface area (TPSA) is 102 Å². The van der Waals surface area contributed by atoms with Gasteiger partial charge in [0.25, 0.3) is 0 Å². The number of sulfonamides is 1. The molecule has 9 heteroatoms. The van der Waals surface area contributed by atoms with Gasteiger partial charge in [-0.05, 0) is 36.2 Å². The first-order valence-corrected chi connectivity index (χ1v) is 9.89. The molecule has 2 aromatic rings. The number of carbonyl (C=O) groups is 1. The second-order valence-electron chi connectivity index (χ2n) is 4.87. The highest BCUT2D eigenvalue weighted by Gasteiger charge is 2.08. The molecule has 6 nitrogen and oxygen atoms in total. The highest BCUT2D eigenvalue weighted by atomic mass is 35.5. The van der Waals surface area contributed by atoms with Gasteiger partial charge in [-0.1, -0.05) is 35.5 Å². The van der Waals surface area contributed by atoms with Gasteiger partial charge in [-0.3, -0.25) is 4.79 Å². The molecule has 0 bridgehead atoms. The van der Waals surface area contributed by atoms with Crippen LogP contribution in [0.25, 0.3) is 0 Å². The molecule has 24 heavy (non-hydrogen) atoms. The zero-order valence-corrected chi connectivity index (χ0v) is 15.0. The van der Waals surface area contributed by atoms with E-state index < -0.39 is 10.0 Å². The summed E-state index contributed by atoms with van der Waals surface area (Å²) in [4.78, 5) is 16.0. The Morgan fingerprint density at radius 1 is 1.25 bits per heavy atom. The normalized spacial score (nSPS) is 11.2. The third-order valence-electron chi connectivity index (χ3n) is 3.05. The van der Waals surface area contributed by atoms with Gasteiger partial charge in [0, 0.05) is 12.7 Å². The predicted octanol–water partition coefficient (Wildman–Crippen LogP) is 1.83. The quantitative estimate of drug-likeness (QED) is 0.708. The highest BCUT2D eigenvalue weighted by Crippen LogP contribution is 2.23. The summed E-state index contributed by atoms with van der Waals surface area (Å²) in [5, 5.41) is 8.97. The van der Waals surface area contributed by atoms with E-state index in [1.807, 2.05) is 0 Å². The molecule has 0 spiro atoms. The van der Waals surface area contributed by atoms with Crippen LogP contribution in [0.1, 0.15) is 5.56 Å². The molecule has 0 unspecified atom stereocenters. The van der Waals surface area contributed by atoms with Crippen molar-refractivity contribution in [1.29, 1.82) is 0 Å². The van der Waals surface area contributed by atoms with Crippen molar-refractivity contribution < 1.29 is 13.2 Å². The lowest BCUT2D eigenvalue weighted by Crippen LogP contribution is -2.27. The fourth-order valence-electron chi connectivity index (χ4n) is 1.85. The molecule has 1 heterocycles. The zero-order valence-electron chi connectivity index (χ0n) is 12.6. The van der Waals surface area contributed by atoms with Crippen LogP contribution in [0.4, 0.5) is 0 Å². The van der Waals surface area contributed by atoms with Crippen molar-refractivity contribution in [2.75, 3.05) is 12.3 Å². The molecule has 3 N–H and O–H groups in total. The van der Waals surface area contributed by atoms with Crippen LogP contribution in [-0.2, 0) is 21.2 Å². The number of hydrogen-bond donors (Lipinski definition) is 2. The maximum Gasteiger partial charge on any atom is 0.238 e. The summed E-state index contributed by atoms with van der Waals surface area (Å²) < 4.78 is 22.3. The van der Waals surface area contributed by atoms with Crippen molar-refractivity contribution in [3.05, 3.63) is 53.2 Å². The molecule has 0 saturated carbocycles. The van der Waals surface area contributed by atoms with Crippen molar-refractivity contribution in [2.45, 2.75) is 16.3 Å². The number of halogens is 1. The third-order valence-corrected chi connectivity index (χ3v) is 5.40. The van der Waals surface area contributed by atoms with Crippen molar-refractivity contribution in [2.24, 2.45) is 5.14 Å². The van der Waals surface area contributed by atoms with Crippen LogP contribution in [0.15, 0.2) is 52.5 Å². The SMILES string of the molecule is NS(=O)(=O)c1ccc(CCNC(=O)CSc2ncccc2Cl)cc1. The second kappa shape index (κ2) is 8.48. The van der Waals surface area contributed by atoms with Crippen LogP contribution in [-0.4, -0.2) is 31.6 Å². The van der Waals surface area contributed by atoms with E-state index in [9.17, 15) is 13.2 Å². The van der Waals surface area contributed by atoms with Gasteiger partial charge in [0.15, 0.2) is 0 Å². The number of nitrogens with two attached hydrogens (primary N) is 1. The van der Waals surface area contributed by atoms with E-state index >= 15 is 0 Å². The molecule has 0 fully saturated rings. The largest absolute Gasteiger partial charge is 0.355 e. The Bertz CT molecular complexity index is 811. The Hall–Kier alpha value is -1.61. The average molecular weight is 386 g/mol. The second-order valence-corrected chi connectivity index (χ2v) is 7.80. The highest BCUT2D eigenvalue weighted by molar-refractivity contribution is 8.00. The number of nitrogens with zero attached hydrogens (tertiary/aromatic N) is 1. The molecule has 0 aliphatic rings. The van der Waals surface area contributed by atoms with Gasteiger partial charge in [-0.25, -0.2) is 18.5 Å². The Morgan fingerprint density at radius 3 is 2.58 bits per heavy atom. The first kappa shape index (κ1) is 18.7. The minimum absolute atomic E-state index is 0.0684. The first-order chi connectivity index (χ1) is 11.4. The lowest BCUT2D eigenvalue weighted by Gasteiger charge is -2.06. The standard InChI is InChI=1S/C15H16ClN3O3S2/c16-13-2-1-8-19-15(13)23-10-14(20)18-9-7-11-3-5-12(6-4-11)24(17,21)22/h1-6,8H,7,9-10H2,(H,18,20)(H2,17,21,22). The van der Waals surface area contributed by atoms with Crippen LogP contribution < -0.4 is 10.5 Å². The lowest BCUT2D eigenvalue weighted by molar-refractivity contribution is -0.118. The molecule has 0 saturated heterocycles. The molecule has 0 radical (unpaired) electrons. The number of thioether (sulfide) groups is 1. The monoisotopic (exact) mass is 385 g/mol. The summed E-state index contributed by atoms with van der Waals surface area (Å²) in [6, 6.07) is 9.70. The summed E-state index contributed by atoms with van der Waals surface area (Å²) in [5.41, 5.74) is 0.906. The van der Waals surface area contributed by atoms with E-state index in [0.29, 0.717) is 23.0 Å². The number of aromatic nitrogens is 1. The number of primary sulfonamides is 1. The predicted molar refractivity (Wildman–Crippen MR) is 94.5 cm³/mol. The fourth-order valence-corrected chi connectivity index (χ4v) is 3.37. The van der Waals surface area contributed by atoms with E-state index in [-0.39, 0.29) is 16.6 Å². The molecule has 0 aliphatic carbocycles. The summed E-state index contributed by atoms with van der Waals surface area (Å²) in [5.74, 6) is 0.101. The maximum atomic E-state index is 11.8. The molecular weight excluding hydrogens is 370 g/mol. The number of benzene rings is 1. The Labute approximate surface area is 149 Å². The van der Waals surface area contributed by atoms with Crippen LogP contribution in [0, 0.1) is 0 Å². The van der Waals surface area contributed by atoms with E-state index in [4.69, 9.17) is 16.7 Å². The summed E-state index contributed by atoms with van der Waals surface area (Å²) in [6.07, 6.45) is 2.21. The minimum Gasteiger partial charge on any atom is -0.355 e. The van der Waals surface area contributed by atoms with Gasteiger partial charge in [0.05, 0.1) is 15.7 Å². The van der Waals surface area contributed by atoms with Crippen LogP contribution in [0.2, 0.25) is 5.02 Å². The molecule has 128 valence electrons. The van der Waals surface area contributed by atoms with E-state index in [2.05, 4.69) is 10.3 Å². The van der Waals surface area contributed by atoms with E-state index in [1.54, 1.807) is 30.5 Å². The zero-order chi connectivity index (χ0) is 17.6. The molecule has 0 atom stereocenters. The molecule has 1 amide bonds. The van der Waals surface area contributed by atoms with Crippen molar-refractivity contribution in [3.63, 3.8) is 0 Å². The lowest BCUT2D eigenvalue weighted by atomic mass is 10.1. The number of nitrogens with one attached hydrogen (secondary N) is 1. The molecule has 1 aromatic carbocycles. The van der Waals surface area contributed by atoms with Crippen LogP contribution in [0.5, 0.6) is 0 Å². The summed E-state index contributed by atoms with van der Waals surface area (Å²) in [6.45, 7) is 0.448. The number of amides is 1. The van der Waals surface area contributed by atoms with Gasteiger partial charge < -0.3 is 5.32 Å². The van der Waals surface area contributed by atoms with Crippen LogP contribution >= 0.6 is 23.4 Å². The average Bonchev–Trinajstić information content (AvgIpc) is 2.54. The van der Waals surface area contributed by atoms with Crippen molar-refractivity contribution >= 4 is 39.3 Å². The molecule has 0 aliphatic heterocycles. The van der Waals surface area contributed by atoms with Gasteiger partial charge >= 0.3 is 0 Å². The Kier molecular flexibility index (Phi) is 6.61. The van der Waals surface area contributed by atoms with Gasteiger partial charge in [0.2, 0.25) is 15.9 Å². The smallest absolute Gasteiger partial charge is 0.238 e. The van der Waals surface area contributed by atoms with Gasteiger partial charge in [-0.2, -0.15) is 0 Å². The Morgan fingerprint density at radius 2 is 1.96 bits per heavy atom. The number of carbonyl (C=O) groups excluding carboxylic acids is 1. The number of hydrogen-bond acceptors (Lipinski definition) is 5. The maximum absolute atomic E-state index is 11.8. The van der Waals surface area contributed by atoms with E-state index in [1.165, 1.54) is 23.9 Å². The van der Waals surface area contributed by atoms with Crippen molar-refractivity contribution in [3.8, 4) is 0 Å². The summed E-state index contributed by atoms with van der Waals surface area (Å²) >= 11 is 7.24. The molecule has 2 rings (SSSR count). The minimum atomic E-state index is -3.68.